The van der Waals surface area contributed by atoms with Gasteiger partial charge in [-0.15, -0.1) is 0 Å². The van der Waals surface area contributed by atoms with Crippen molar-refractivity contribution < 1.29 is 14.4 Å². The number of nitrogens with zero attached hydrogens (tertiary/aromatic N) is 2. The lowest BCUT2D eigenvalue weighted by Gasteiger charge is -2.39. The molecule has 0 radical (unpaired) electrons. The van der Waals surface area contributed by atoms with Crippen molar-refractivity contribution in [2.45, 2.75) is 13.0 Å². The molecule has 2 aromatic rings. The van der Waals surface area contributed by atoms with Crippen LogP contribution in [-0.2, 0) is 4.79 Å². The smallest absolute Gasteiger partial charge is 0.295 e. The molecule has 2 amide bonds. The van der Waals surface area contributed by atoms with E-state index in [1.807, 2.05) is 25.1 Å². The fraction of sp³-hybridized carbons (Fsp3) is 0.250. The maximum absolute atomic E-state index is 12.6. The Kier molecular flexibility index (Phi) is 5.52. The molecule has 2 aromatic carbocycles. The van der Waals surface area contributed by atoms with E-state index in [4.69, 9.17) is 0 Å². The molecule has 0 bridgehead atoms. The van der Waals surface area contributed by atoms with Gasteiger partial charge in [-0.1, -0.05) is 34.1 Å². The predicted octanol–water partition coefficient (Wildman–Crippen LogP) is 3.00. The van der Waals surface area contributed by atoms with Crippen LogP contribution in [0.1, 0.15) is 27.6 Å². The zero-order valence-electron chi connectivity index (χ0n) is 14.4. The lowest BCUT2D eigenvalue weighted by molar-refractivity contribution is -0.130. The third-order valence-electron chi connectivity index (χ3n) is 4.50. The first kappa shape index (κ1) is 18.3. The number of benzene rings is 2. The van der Waals surface area contributed by atoms with Gasteiger partial charge in [0.2, 0.25) is 5.78 Å². The summed E-state index contributed by atoms with van der Waals surface area (Å²) in [6, 6.07) is 15.6. The van der Waals surface area contributed by atoms with Gasteiger partial charge in [0, 0.05) is 41.3 Å². The number of rotatable bonds is 3. The minimum Gasteiger partial charge on any atom is -0.335 e. The molecule has 0 N–H and O–H groups in total. The molecule has 0 saturated carbocycles. The largest absolute Gasteiger partial charge is 0.335 e. The van der Waals surface area contributed by atoms with E-state index in [9.17, 15) is 14.4 Å². The van der Waals surface area contributed by atoms with Crippen LogP contribution in [0.4, 0.5) is 0 Å². The fourth-order valence-corrected chi connectivity index (χ4v) is 3.33. The van der Waals surface area contributed by atoms with E-state index in [1.165, 1.54) is 0 Å². The first-order valence-corrected chi connectivity index (χ1v) is 9.22. The van der Waals surface area contributed by atoms with Crippen LogP contribution in [0.5, 0.6) is 0 Å². The number of piperazine rings is 1. The number of amides is 2. The number of hydrogen-bond acceptors (Lipinski definition) is 3. The molecule has 0 spiro atoms. The number of halogens is 1. The highest BCUT2D eigenvalue weighted by molar-refractivity contribution is 9.10. The maximum atomic E-state index is 12.6. The molecule has 26 heavy (non-hydrogen) atoms. The zero-order valence-corrected chi connectivity index (χ0v) is 16.0. The molecule has 3 rings (SSSR count). The topological polar surface area (TPSA) is 57.7 Å². The van der Waals surface area contributed by atoms with Gasteiger partial charge in [-0.3, -0.25) is 14.4 Å². The van der Waals surface area contributed by atoms with Gasteiger partial charge in [0.05, 0.1) is 0 Å². The number of carbonyl (C=O) groups excluding carboxylic acids is 3. The summed E-state index contributed by atoms with van der Waals surface area (Å²) in [4.78, 5) is 40.9. The number of hydrogen-bond donors (Lipinski definition) is 0. The van der Waals surface area contributed by atoms with Crippen molar-refractivity contribution in [3.05, 3.63) is 70.2 Å². The van der Waals surface area contributed by atoms with Crippen molar-refractivity contribution in [2.75, 3.05) is 19.6 Å². The Bertz CT molecular complexity index is 821. The molecule has 134 valence electrons. The van der Waals surface area contributed by atoms with Crippen LogP contribution < -0.4 is 0 Å². The average molecular weight is 415 g/mol. The Labute approximate surface area is 160 Å². The second kappa shape index (κ2) is 7.83. The summed E-state index contributed by atoms with van der Waals surface area (Å²) >= 11 is 3.31. The van der Waals surface area contributed by atoms with Crippen LogP contribution in [0.2, 0.25) is 0 Å². The van der Waals surface area contributed by atoms with Gasteiger partial charge in [0.25, 0.3) is 11.8 Å². The molecule has 1 saturated heterocycles. The van der Waals surface area contributed by atoms with Crippen molar-refractivity contribution >= 4 is 33.5 Å². The van der Waals surface area contributed by atoms with E-state index in [-0.39, 0.29) is 11.9 Å². The second-order valence-electron chi connectivity index (χ2n) is 6.30. The van der Waals surface area contributed by atoms with E-state index in [2.05, 4.69) is 15.9 Å². The number of carbonyl (C=O) groups is 3. The van der Waals surface area contributed by atoms with Gasteiger partial charge >= 0.3 is 0 Å². The standard InChI is InChI=1S/C20H19BrN2O3/c1-14-13-22(19(25)16-5-3-2-4-6-16)11-12-23(14)20(26)18(24)15-7-9-17(21)10-8-15/h2-10,14H,11-13H2,1H3/t14-/m1/s1. The summed E-state index contributed by atoms with van der Waals surface area (Å²) in [6.45, 7) is 3.03. The molecule has 1 heterocycles. The quantitative estimate of drug-likeness (QED) is 0.572. The van der Waals surface area contributed by atoms with Gasteiger partial charge in [-0.2, -0.15) is 0 Å². The summed E-state index contributed by atoms with van der Waals surface area (Å²) in [5, 5.41) is 0. The number of Topliss-reactive ketones (excluding diaryl/α,β-unsaturated/α-hetero) is 1. The van der Waals surface area contributed by atoms with Crippen molar-refractivity contribution in [1.29, 1.82) is 0 Å². The minimum absolute atomic E-state index is 0.0521. The second-order valence-corrected chi connectivity index (χ2v) is 7.22. The van der Waals surface area contributed by atoms with E-state index in [0.717, 1.165) is 4.47 Å². The van der Waals surface area contributed by atoms with E-state index >= 15 is 0 Å². The molecule has 6 heteroatoms. The summed E-state index contributed by atoms with van der Waals surface area (Å²) in [5.41, 5.74) is 0.999. The summed E-state index contributed by atoms with van der Waals surface area (Å²) in [5.74, 6) is -1.09. The molecule has 5 nitrogen and oxygen atoms in total. The Morgan fingerprint density at radius 2 is 1.58 bits per heavy atom. The van der Waals surface area contributed by atoms with Gasteiger partial charge < -0.3 is 9.80 Å². The molecule has 0 aliphatic carbocycles. The normalized spacial score (nSPS) is 17.1. The third kappa shape index (κ3) is 3.85. The van der Waals surface area contributed by atoms with E-state index < -0.39 is 11.7 Å². The van der Waals surface area contributed by atoms with Gasteiger partial charge in [0.1, 0.15) is 0 Å². The lowest BCUT2D eigenvalue weighted by atomic mass is 10.1. The van der Waals surface area contributed by atoms with Crippen molar-refractivity contribution in [2.24, 2.45) is 0 Å². The van der Waals surface area contributed by atoms with Crippen LogP contribution in [0.3, 0.4) is 0 Å². The molecule has 1 fully saturated rings. The summed E-state index contributed by atoms with van der Waals surface area (Å²) in [6.07, 6.45) is 0. The van der Waals surface area contributed by atoms with Crippen LogP contribution in [0.15, 0.2) is 59.1 Å². The monoisotopic (exact) mass is 414 g/mol. The fourth-order valence-electron chi connectivity index (χ4n) is 3.06. The molecule has 1 atom stereocenters. The summed E-state index contributed by atoms with van der Waals surface area (Å²) in [7, 11) is 0. The van der Waals surface area contributed by atoms with Crippen LogP contribution in [-0.4, -0.2) is 53.1 Å². The Morgan fingerprint density at radius 1 is 0.923 bits per heavy atom. The average Bonchev–Trinajstić information content (AvgIpc) is 2.67. The lowest BCUT2D eigenvalue weighted by Crippen LogP contribution is -2.56. The molecule has 0 aromatic heterocycles. The van der Waals surface area contributed by atoms with Crippen molar-refractivity contribution in [1.82, 2.24) is 9.80 Å². The maximum Gasteiger partial charge on any atom is 0.295 e. The molecular formula is C20H19BrN2O3. The highest BCUT2D eigenvalue weighted by Gasteiger charge is 2.33. The van der Waals surface area contributed by atoms with Crippen LogP contribution in [0, 0.1) is 0 Å². The molecular weight excluding hydrogens is 396 g/mol. The molecule has 1 aliphatic heterocycles. The SMILES string of the molecule is C[C@@H]1CN(C(=O)c2ccccc2)CCN1C(=O)C(=O)c1ccc(Br)cc1. The van der Waals surface area contributed by atoms with E-state index in [1.54, 1.807) is 46.2 Å². The first-order chi connectivity index (χ1) is 12.5. The highest BCUT2D eigenvalue weighted by atomic mass is 79.9. The number of ketones is 1. The minimum atomic E-state index is -0.522. The molecule has 0 unspecified atom stereocenters. The Balaban J connectivity index is 1.67. The van der Waals surface area contributed by atoms with Gasteiger partial charge in [0.15, 0.2) is 0 Å². The Hall–Kier alpha value is -2.47. The molecule has 1 aliphatic rings. The first-order valence-electron chi connectivity index (χ1n) is 8.42. The Morgan fingerprint density at radius 3 is 2.19 bits per heavy atom. The summed E-state index contributed by atoms with van der Waals surface area (Å²) < 4.78 is 0.850. The third-order valence-corrected chi connectivity index (χ3v) is 5.03. The van der Waals surface area contributed by atoms with Crippen LogP contribution >= 0.6 is 15.9 Å². The highest BCUT2D eigenvalue weighted by Crippen LogP contribution is 2.16. The van der Waals surface area contributed by atoms with Crippen LogP contribution in [0.25, 0.3) is 0 Å². The zero-order chi connectivity index (χ0) is 18.7. The predicted molar refractivity (Wildman–Crippen MR) is 102 cm³/mol. The van der Waals surface area contributed by atoms with E-state index in [0.29, 0.717) is 30.8 Å². The van der Waals surface area contributed by atoms with Gasteiger partial charge in [-0.25, -0.2) is 0 Å². The van der Waals surface area contributed by atoms with Crippen molar-refractivity contribution in [3.63, 3.8) is 0 Å². The van der Waals surface area contributed by atoms with Gasteiger partial charge in [-0.05, 0) is 43.3 Å². The van der Waals surface area contributed by atoms with Crippen molar-refractivity contribution in [3.8, 4) is 0 Å².